The van der Waals surface area contributed by atoms with E-state index < -0.39 is 0 Å². The molecule has 0 aliphatic carbocycles. The first-order valence-corrected chi connectivity index (χ1v) is 7.84. The van der Waals surface area contributed by atoms with Crippen LogP contribution < -0.4 is 5.32 Å². The van der Waals surface area contributed by atoms with Crippen LogP contribution in [0.3, 0.4) is 0 Å². The Balaban J connectivity index is 1.62. The lowest BCUT2D eigenvalue weighted by molar-refractivity contribution is -0.113. The van der Waals surface area contributed by atoms with Crippen LogP contribution in [-0.2, 0) is 4.79 Å². The highest BCUT2D eigenvalue weighted by molar-refractivity contribution is 7.99. The normalized spacial score (nSPS) is 10.8. The van der Waals surface area contributed by atoms with Crippen molar-refractivity contribution in [1.29, 1.82) is 0 Å². The van der Waals surface area contributed by atoms with Gasteiger partial charge < -0.3 is 5.32 Å². The van der Waals surface area contributed by atoms with Gasteiger partial charge in [-0.3, -0.25) is 4.79 Å². The van der Waals surface area contributed by atoms with Crippen LogP contribution in [0.2, 0.25) is 5.02 Å². The molecular formula is C14H12ClN5OS. The Kier molecular flexibility index (Phi) is 4.26. The van der Waals surface area contributed by atoms with Crippen LogP contribution in [0.4, 0.5) is 5.69 Å². The number of anilines is 1. The number of amides is 1. The number of fused-ring (bicyclic) bond motifs is 1. The van der Waals surface area contributed by atoms with Gasteiger partial charge in [0.15, 0.2) is 0 Å². The van der Waals surface area contributed by atoms with E-state index in [-0.39, 0.29) is 11.7 Å². The molecule has 0 aliphatic rings. The molecule has 0 atom stereocenters. The Morgan fingerprint density at radius 1 is 1.45 bits per heavy atom. The van der Waals surface area contributed by atoms with Gasteiger partial charge in [-0.2, -0.15) is 4.98 Å². The highest BCUT2D eigenvalue weighted by atomic mass is 35.5. The number of benzene rings is 1. The number of thioether (sulfide) groups is 1. The lowest BCUT2D eigenvalue weighted by Crippen LogP contribution is -2.14. The average Bonchev–Trinajstić information content (AvgIpc) is 2.91. The van der Waals surface area contributed by atoms with E-state index in [0.29, 0.717) is 21.6 Å². The molecule has 0 unspecified atom stereocenters. The fourth-order valence-corrected chi connectivity index (χ4v) is 2.72. The van der Waals surface area contributed by atoms with Crippen molar-refractivity contribution in [1.82, 2.24) is 19.6 Å². The zero-order chi connectivity index (χ0) is 15.5. The topological polar surface area (TPSA) is 72.2 Å². The Morgan fingerprint density at radius 3 is 3.09 bits per heavy atom. The Morgan fingerprint density at radius 2 is 2.32 bits per heavy atom. The van der Waals surface area contributed by atoms with Crippen LogP contribution in [0, 0.1) is 6.92 Å². The summed E-state index contributed by atoms with van der Waals surface area (Å²) in [5, 5.41) is 8.02. The molecule has 0 saturated heterocycles. The number of rotatable bonds is 4. The third kappa shape index (κ3) is 3.37. The van der Waals surface area contributed by atoms with E-state index in [4.69, 9.17) is 11.6 Å². The lowest BCUT2D eigenvalue weighted by Gasteiger charge is -2.06. The van der Waals surface area contributed by atoms with E-state index in [2.05, 4.69) is 20.4 Å². The molecule has 0 radical (unpaired) electrons. The van der Waals surface area contributed by atoms with E-state index in [1.54, 1.807) is 35.1 Å². The van der Waals surface area contributed by atoms with Gasteiger partial charge in [0.1, 0.15) is 0 Å². The number of nitrogens with zero attached hydrogens (tertiary/aromatic N) is 4. The Hall–Kier alpha value is -2.12. The van der Waals surface area contributed by atoms with Crippen molar-refractivity contribution in [3.05, 3.63) is 47.2 Å². The van der Waals surface area contributed by atoms with E-state index >= 15 is 0 Å². The smallest absolute Gasteiger partial charge is 0.253 e. The maximum atomic E-state index is 12.0. The van der Waals surface area contributed by atoms with Crippen molar-refractivity contribution >= 4 is 40.7 Å². The molecule has 1 aromatic carbocycles. The van der Waals surface area contributed by atoms with Crippen molar-refractivity contribution in [2.24, 2.45) is 0 Å². The average molecular weight is 334 g/mol. The minimum Gasteiger partial charge on any atom is -0.324 e. The van der Waals surface area contributed by atoms with Gasteiger partial charge in [-0.15, -0.1) is 5.10 Å². The molecule has 0 spiro atoms. The molecule has 2 heterocycles. The summed E-state index contributed by atoms with van der Waals surface area (Å²) in [7, 11) is 0. The molecule has 6 nitrogen and oxygen atoms in total. The molecule has 3 rings (SSSR count). The molecule has 0 bridgehead atoms. The number of aromatic nitrogens is 4. The summed E-state index contributed by atoms with van der Waals surface area (Å²) in [5.41, 5.74) is 1.64. The summed E-state index contributed by atoms with van der Waals surface area (Å²) >= 11 is 7.33. The molecule has 0 fully saturated rings. The first kappa shape index (κ1) is 14.8. The van der Waals surface area contributed by atoms with Gasteiger partial charge in [0.05, 0.1) is 16.5 Å². The van der Waals surface area contributed by atoms with Crippen LogP contribution in [0.15, 0.2) is 41.8 Å². The van der Waals surface area contributed by atoms with Gasteiger partial charge in [-0.05, 0) is 30.7 Å². The van der Waals surface area contributed by atoms with Gasteiger partial charge in [0.25, 0.3) is 5.78 Å². The van der Waals surface area contributed by atoms with Crippen LogP contribution >= 0.6 is 23.4 Å². The maximum absolute atomic E-state index is 12.0. The number of halogens is 1. The SMILES string of the molecule is Cc1ccc(NC(=O)CSc2nc3ncccn3n2)c(Cl)c1. The predicted molar refractivity (Wildman–Crippen MR) is 86.3 cm³/mol. The third-order valence-corrected chi connectivity index (χ3v) is 3.98. The maximum Gasteiger partial charge on any atom is 0.253 e. The third-order valence-electron chi connectivity index (χ3n) is 2.83. The molecular weight excluding hydrogens is 322 g/mol. The largest absolute Gasteiger partial charge is 0.324 e. The first-order chi connectivity index (χ1) is 10.6. The summed E-state index contributed by atoms with van der Waals surface area (Å²) < 4.78 is 1.57. The van der Waals surface area contributed by atoms with Crippen LogP contribution in [0.25, 0.3) is 5.78 Å². The highest BCUT2D eigenvalue weighted by Gasteiger charge is 2.10. The van der Waals surface area contributed by atoms with E-state index in [1.807, 2.05) is 13.0 Å². The van der Waals surface area contributed by atoms with Gasteiger partial charge in [-0.25, -0.2) is 9.50 Å². The fourth-order valence-electron chi connectivity index (χ4n) is 1.81. The summed E-state index contributed by atoms with van der Waals surface area (Å²) in [5.74, 6) is 0.538. The summed E-state index contributed by atoms with van der Waals surface area (Å²) in [6.07, 6.45) is 3.40. The summed E-state index contributed by atoms with van der Waals surface area (Å²) in [6.45, 7) is 1.94. The van der Waals surface area contributed by atoms with Crippen molar-refractivity contribution in [2.45, 2.75) is 12.1 Å². The highest BCUT2D eigenvalue weighted by Crippen LogP contribution is 2.23. The van der Waals surface area contributed by atoms with Gasteiger partial charge >= 0.3 is 0 Å². The Bertz CT molecular complexity index is 802. The number of carbonyl (C=O) groups excluding carboxylic acids is 1. The molecule has 1 amide bonds. The van der Waals surface area contributed by atoms with E-state index in [0.717, 1.165) is 5.56 Å². The lowest BCUT2D eigenvalue weighted by atomic mass is 10.2. The molecule has 1 N–H and O–H groups in total. The van der Waals surface area contributed by atoms with E-state index in [9.17, 15) is 4.79 Å². The zero-order valence-corrected chi connectivity index (χ0v) is 13.2. The molecule has 8 heteroatoms. The molecule has 0 aliphatic heterocycles. The van der Waals surface area contributed by atoms with Crippen molar-refractivity contribution < 1.29 is 4.79 Å². The second-order valence-corrected chi connectivity index (χ2v) is 5.93. The van der Waals surface area contributed by atoms with Crippen LogP contribution in [0.1, 0.15) is 5.56 Å². The quantitative estimate of drug-likeness (QED) is 0.743. The molecule has 0 saturated carbocycles. The monoisotopic (exact) mass is 333 g/mol. The number of aryl methyl sites for hydroxylation is 1. The number of nitrogens with one attached hydrogen (secondary N) is 1. The second kappa shape index (κ2) is 6.33. The van der Waals surface area contributed by atoms with Gasteiger partial charge in [0.2, 0.25) is 11.1 Å². The Labute approximate surface area is 135 Å². The van der Waals surface area contributed by atoms with Gasteiger partial charge in [-0.1, -0.05) is 29.4 Å². The molecule has 112 valence electrons. The van der Waals surface area contributed by atoms with Crippen molar-refractivity contribution in [3.63, 3.8) is 0 Å². The molecule has 22 heavy (non-hydrogen) atoms. The van der Waals surface area contributed by atoms with Crippen LogP contribution in [-0.4, -0.2) is 31.2 Å². The molecule has 2 aromatic heterocycles. The van der Waals surface area contributed by atoms with Crippen molar-refractivity contribution in [2.75, 3.05) is 11.1 Å². The van der Waals surface area contributed by atoms with Gasteiger partial charge in [0, 0.05) is 12.4 Å². The van der Waals surface area contributed by atoms with E-state index in [1.165, 1.54) is 11.8 Å². The standard InChI is InChI=1S/C14H12ClN5OS/c1-9-3-4-11(10(15)7-9)17-12(21)8-22-14-18-13-16-5-2-6-20(13)19-14/h2-7H,8H2,1H3,(H,17,21). The predicted octanol–water partition coefficient (Wildman–Crippen LogP) is 2.82. The van der Waals surface area contributed by atoms with Crippen LogP contribution in [0.5, 0.6) is 0 Å². The summed E-state index contributed by atoms with van der Waals surface area (Å²) in [6, 6.07) is 7.25. The minimum atomic E-state index is -0.164. The molecule has 3 aromatic rings. The van der Waals surface area contributed by atoms with Crippen molar-refractivity contribution in [3.8, 4) is 0 Å². The summed E-state index contributed by atoms with van der Waals surface area (Å²) in [4.78, 5) is 20.3. The number of hydrogen-bond donors (Lipinski definition) is 1. The second-order valence-electron chi connectivity index (χ2n) is 4.58. The zero-order valence-electron chi connectivity index (χ0n) is 11.7. The number of hydrogen-bond acceptors (Lipinski definition) is 5. The fraction of sp³-hybridized carbons (Fsp3) is 0.143. The minimum absolute atomic E-state index is 0.164. The first-order valence-electron chi connectivity index (χ1n) is 6.48. The number of carbonyl (C=O) groups is 1.